The number of sulfonamides is 1. The average Bonchev–Trinajstić information content (AvgIpc) is 3.11. The van der Waals surface area contributed by atoms with Gasteiger partial charge in [0.05, 0.1) is 30.2 Å². The van der Waals surface area contributed by atoms with Crippen LogP contribution in [0, 0.1) is 23.7 Å². The minimum Gasteiger partial charge on any atom is -0.487 e. The second kappa shape index (κ2) is 15.9. The molecule has 2 aromatic rings. The molecule has 2 aromatic carbocycles. The lowest BCUT2D eigenvalue weighted by atomic mass is 9.65. The fourth-order valence-electron chi connectivity index (χ4n) is 8.06. The summed E-state index contributed by atoms with van der Waals surface area (Å²) in [6, 6.07) is 11.5. The largest absolute Gasteiger partial charge is 0.487 e. The Bertz CT molecular complexity index is 1560. The molecule has 49 heavy (non-hydrogen) atoms. The van der Waals surface area contributed by atoms with Gasteiger partial charge in [0.15, 0.2) is 6.29 Å². The molecule has 1 saturated heterocycles. The highest BCUT2D eigenvalue weighted by Gasteiger charge is 2.44. The second-order valence-corrected chi connectivity index (χ2v) is 17.3. The fourth-order valence-corrected chi connectivity index (χ4v) is 9.57. The molecular formula is C38H54ClN3O6S. The Kier molecular flexibility index (Phi) is 11.8. The summed E-state index contributed by atoms with van der Waals surface area (Å²) in [6.45, 7) is 10.1. The van der Waals surface area contributed by atoms with Crippen molar-refractivity contribution >= 4 is 33.2 Å². The maximum Gasteiger partial charge on any atom is 0.264 e. The van der Waals surface area contributed by atoms with Gasteiger partial charge in [-0.25, -0.2) is 13.1 Å². The molecule has 5 atom stereocenters. The quantitative estimate of drug-likeness (QED) is 0.377. The van der Waals surface area contributed by atoms with Gasteiger partial charge in [0.25, 0.3) is 5.91 Å². The summed E-state index contributed by atoms with van der Waals surface area (Å²) in [6.07, 6.45) is 7.35. The number of ether oxygens (including phenoxy) is 3. The van der Waals surface area contributed by atoms with E-state index in [9.17, 15) is 13.2 Å². The van der Waals surface area contributed by atoms with E-state index >= 15 is 0 Å². The lowest BCUT2D eigenvalue weighted by Crippen LogP contribution is -2.51. The van der Waals surface area contributed by atoms with Crippen LogP contribution in [0.4, 0.5) is 5.69 Å². The average molecular weight is 716 g/mol. The summed E-state index contributed by atoms with van der Waals surface area (Å²) < 4.78 is 48.9. The molecule has 0 aromatic heterocycles. The summed E-state index contributed by atoms with van der Waals surface area (Å²) >= 11 is 6.38. The molecular weight excluding hydrogens is 662 g/mol. The maximum absolute atomic E-state index is 13.5. The minimum atomic E-state index is -3.90. The van der Waals surface area contributed by atoms with Crippen LogP contribution in [0.3, 0.4) is 0 Å². The maximum atomic E-state index is 13.5. The molecule has 11 heteroatoms. The number of aryl methyl sites for hydroxylation is 1. The zero-order chi connectivity index (χ0) is 34.7. The number of rotatable bonds is 3. The Balaban J connectivity index is 1.34. The highest BCUT2D eigenvalue weighted by molar-refractivity contribution is 7.90. The third-order valence-corrected chi connectivity index (χ3v) is 14.0. The molecule has 6 rings (SSSR count). The predicted molar refractivity (Wildman–Crippen MR) is 194 cm³/mol. The molecule has 4 aliphatic rings. The summed E-state index contributed by atoms with van der Waals surface area (Å²) in [5, 5.41) is -0.00105. The summed E-state index contributed by atoms with van der Waals surface area (Å²) in [7, 11) is -1.79. The second-order valence-electron chi connectivity index (χ2n) is 14.8. The van der Waals surface area contributed by atoms with Gasteiger partial charge in [0.2, 0.25) is 10.0 Å². The van der Waals surface area contributed by atoms with E-state index in [0.717, 1.165) is 87.3 Å². The van der Waals surface area contributed by atoms with Crippen molar-refractivity contribution in [2.45, 2.75) is 96.3 Å². The Labute approximate surface area is 298 Å². The van der Waals surface area contributed by atoms with Crippen molar-refractivity contribution in [2.75, 3.05) is 44.8 Å². The zero-order valence-electron chi connectivity index (χ0n) is 29.5. The van der Waals surface area contributed by atoms with Crippen LogP contribution in [0.1, 0.15) is 87.2 Å². The molecule has 0 spiro atoms. The number of hydrogen-bond donors (Lipinski definition) is 1. The number of nitrogens with one attached hydrogen (secondary N) is 1. The van der Waals surface area contributed by atoms with E-state index in [1.54, 1.807) is 13.0 Å². The van der Waals surface area contributed by atoms with E-state index < -0.39 is 21.2 Å². The van der Waals surface area contributed by atoms with Crippen molar-refractivity contribution in [1.29, 1.82) is 0 Å². The van der Waals surface area contributed by atoms with Crippen LogP contribution < -0.4 is 14.4 Å². The molecule has 0 radical (unpaired) electrons. The lowest BCUT2D eigenvalue weighted by molar-refractivity contribution is -0.241. The third kappa shape index (κ3) is 8.41. The SMILES string of the molecule is CCN(C)[C@H]1CO[C@@H]([C@@H]2CCC[C@H](C)[C@@H](C)S(=O)(=O)NC(=O)c3ccc4c(c3)N(CCCCc3cc(Cl)ccc3CO4)C[C@@H]3CC[C@H]32)OC1. The van der Waals surface area contributed by atoms with Crippen LogP contribution in [0.5, 0.6) is 5.75 Å². The summed E-state index contributed by atoms with van der Waals surface area (Å²) in [5.41, 5.74) is 3.42. The summed E-state index contributed by atoms with van der Waals surface area (Å²) in [4.78, 5) is 18.2. The highest BCUT2D eigenvalue weighted by Crippen LogP contribution is 2.46. The van der Waals surface area contributed by atoms with Gasteiger partial charge >= 0.3 is 0 Å². The van der Waals surface area contributed by atoms with E-state index in [4.69, 9.17) is 25.8 Å². The lowest BCUT2D eigenvalue weighted by Gasteiger charge is -2.48. The first-order chi connectivity index (χ1) is 23.5. The van der Waals surface area contributed by atoms with Crippen molar-refractivity contribution in [3.63, 3.8) is 0 Å². The number of carbonyl (C=O) groups excluding carboxylic acids is 1. The van der Waals surface area contributed by atoms with Gasteiger partial charge in [-0.3, -0.25) is 9.69 Å². The number of hydrogen-bond acceptors (Lipinski definition) is 8. The highest BCUT2D eigenvalue weighted by atomic mass is 35.5. The number of carbonyl (C=O) groups is 1. The van der Waals surface area contributed by atoms with Crippen LogP contribution in [0.2, 0.25) is 5.02 Å². The molecule has 1 N–H and O–H groups in total. The van der Waals surface area contributed by atoms with E-state index in [1.165, 1.54) is 5.56 Å². The van der Waals surface area contributed by atoms with Gasteiger partial charge in [-0.2, -0.15) is 0 Å². The summed E-state index contributed by atoms with van der Waals surface area (Å²) in [5.74, 6) is 1.04. The molecule has 3 aliphatic heterocycles. The zero-order valence-corrected chi connectivity index (χ0v) is 31.1. The van der Waals surface area contributed by atoms with Gasteiger partial charge in [0.1, 0.15) is 12.4 Å². The Morgan fingerprint density at radius 3 is 2.49 bits per heavy atom. The van der Waals surface area contributed by atoms with Crippen molar-refractivity contribution in [2.24, 2.45) is 23.7 Å². The van der Waals surface area contributed by atoms with Gasteiger partial charge in [0, 0.05) is 29.6 Å². The molecule has 1 amide bonds. The molecule has 3 heterocycles. The Morgan fingerprint density at radius 1 is 0.959 bits per heavy atom. The number of anilines is 1. The minimum absolute atomic E-state index is 0.124. The van der Waals surface area contributed by atoms with E-state index in [-0.39, 0.29) is 24.2 Å². The normalized spacial score (nSPS) is 31.3. The third-order valence-electron chi connectivity index (χ3n) is 11.8. The van der Waals surface area contributed by atoms with Crippen LogP contribution in [0.25, 0.3) is 0 Å². The molecule has 2 bridgehead atoms. The number of nitrogens with zero attached hydrogens (tertiary/aromatic N) is 2. The van der Waals surface area contributed by atoms with Gasteiger partial charge in [-0.1, -0.05) is 37.9 Å². The number of amides is 1. The first-order valence-corrected chi connectivity index (χ1v) is 20.2. The van der Waals surface area contributed by atoms with Crippen molar-refractivity contribution in [3.8, 4) is 5.75 Å². The molecule has 0 unspecified atom stereocenters. The molecule has 9 nitrogen and oxygen atoms in total. The number of benzene rings is 2. The van der Waals surface area contributed by atoms with Crippen LogP contribution in [0.15, 0.2) is 36.4 Å². The molecule has 1 aliphatic carbocycles. The molecule has 2 fully saturated rings. The fraction of sp³-hybridized carbons (Fsp3) is 0.658. The predicted octanol–water partition coefficient (Wildman–Crippen LogP) is 6.67. The first-order valence-electron chi connectivity index (χ1n) is 18.3. The number of halogens is 1. The van der Waals surface area contributed by atoms with Crippen LogP contribution in [-0.2, 0) is 32.5 Å². The smallest absolute Gasteiger partial charge is 0.264 e. The molecule has 1 saturated carbocycles. The Hall–Kier alpha value is -2.37. The van der Waals surface area contributed by atoms with Crippen LogP contribution in [-0.4, -0.2) is 76.7 Å². The van der Waals surface area contributed by atoms with Crippen molar-refractivity contribution < 1.29 is 27.4 Å². The van der Waals surface area contributed by atoms with Crippen LogP contribution >= 0.6 is 11.6 Å². The van der Waals surface area contributed by atoms with Crippen molar-refractivity contribution in [1.82, 2.24) is 9.62 Å². The van der Waals surface area contributed by atoms with Crippen molar-refractivity contribution in [3.05, 3.63) is 58.1 Å². The first kappa shape index (κ1) is 36.4. The van der Waals surface area contributed by atoms with Gasteiger partial charge in [-0.15, -0.1) is 0 Å². The van der Waals surface area contributed by atoms with E-state index in [1.807, 2.05) is 37.3 Å². The topological polar surface area (TPSA) is 97.4 Å². The Morgan fingerprint density at radius 2 is 1.76 bits per heavy atom. The number of likely N-dealkylation sites (N-methyl/N-ethyl adjacent to an activating group) is 1. The molecule has 270 valence electrons. The number of fused-ring (bicyclic) bond motifs is 3. The van der Waals surface area contributed by atoms with E-state index in [2.05, 4.69) is 28.5 Å². The monoisotopic (exact) mass is 715 g/mol. The standard InChI is InChI=1S/C38H54ClN3O6S/c1-5-41(4)32-23-47-38(48-24-32)34-11-8-9-25(2)26(3)49(44,45)40-37(43)28-14-17-36-35(20-28)42(21-29-13-16-33(29)34)18-7-6-10-27-19-31(39)15-12-30(27)22-46-36/h12,14-15,17,19-20,25-26,29,32-34,38H,5-11,13,16,18,21-24H2,1-4H3,(H,40,43)/t25-,26+,29-,32-,33+,34+,38+/m0/s1. The van der Waals surface area contributed by atoms with E-state index in [0.29, 0.717) is 43.0 Å². The van der Waals surface area contributed by atoms with Gasteiger partial charge in [-0.05, 0) is 125 Å². The van der Waals surface area contributed by atoms with Gasteiger partial charge < -0.3 is 19.1 Å².